The summed E-state index contributed by atoms with van der Waals surface area (Å²) in [7, 11) is -2.01. The predicted molar refractivity (Wildman–Crippen MR) is 65.0 cm³/mol. The molecule has 17 heavy (non-hydrogen) atoms. The number of carbonyl (C=O) groups is 1. The number of methoxy groups -OCH3 is 1. The van der Waals surface area contributed by atoms with Crippen molar-refractivity contribution in [3.8, 4) is 0 Å². The summed E-state index contributed by atoms with van der Waals surface area (Å²) in [6.45, 7) is 3.81. The van der Waals surface area contributed by atoms with Gasteiger partial charge in [-0.3, -0.25) is 4.79 Å². The van der Waals surface area contributed by atoms with Gasteiger partial charge in [0.15, 0.2) is 0 Å². The lowest BCUT2D eigenvalue weighted by atomic mass is 10.0. The van der Waals surface area contributed by atoms with Crippen molar-refractivity contribution in [3.63, 3.8) is 0 Å². The molecule has 1 aliphatic rings. The number of hydrogen-bond acceptors (Lipinski definition) is 4. The molecule has 1 rings (SSSR count). The molecule has 0 saturated heterocycles. The lowest BCUT2D eigenvalue weighted by molar-refractivity contribution is -0.140. The van der Waals surface area contributed by atoms with Crippen molar-refractivity contribution < 1.29 is 17.9 Å². The molecular weight excluding hydrogens is 242 g/mol. The van der Waals surface area contributed by atoms with E-state index in [9.17, 15) is 13.2 Å². The minimum Gasteiger partial charge on any atom is -0.469 e. The van der Waals surface area contributed by atoms with E-state index in [0.29, 0.717) is 12.3 Å². The lowest BCUT2D eigenvalue weighted by Crippen LogP contribution is -2.46. The number of carbonyl (C=O) groups excluding carboxylic acids is 1. The fourth-order valence-electron chi connectivity index (χ4n) is 1.85. The molecule has 0 radical (unpaired) electrons. The summed E-state index contributed by atoms with van der Waals surface area (Å²) in [5.41, 5.74) is -0.371. The first-order valence-corrected chi connectivity index (χ1v) is 7.50. The molecule has 5 nitrogen and oxygen atoms in total. The van der Waals surface area contributed by atoms with Gasteiger partial charge in [0.2, 0.25) is 10.0 Å². The first kappa shape index (κ1) is 14.4. The Bertz CT molecular complexity index is 371. The third kappa shape index (κ3) is 5.04. The Labute approximate surface area is 103 Å². The molecule has 0 atom stereocenters. The quantitative estimate of drug-likeness (QED) is 0.697. The standard InChI is InChI=1S/C11H21NO4S/c1-11(2,9-6-7-9)12-17(14,15)8-4-5-10(13)16-3/h9,12H,4-8H2,1-3H3. The van der Waals surface area contributed by atoms with Crippen LogP contribution in [0.1, 0.15) is 39.5 Å². The van der Waals surface area contributed by atoms with Crippen molar-refractivity contribution in [2.24, 2.45) is 5.92 Å². The highest BCUT2D eigenvalue weighted by atomic mass is 32.2. The summed E-state index contributed by atoms with van der Waals surface area (Å²) >= 11 is 0. The average Bonchev–Trinajstić information content (AvgIpc) is 2.98. The van der Waals surface area contributed by atoms with Crippen molar-refractivity contribution in [3.05, 3.63) is 0 Å². The Morgan fingerprint density at radius 1 is 1.41 bits per heavy atom. The molecule has 1 saturated carbocycles. The number of ether oxygens (including phenoxy) is 1. The van der Waals surface area contributed by atoms with E-state index in [4.69, 9.17) is 0 Å². The monoisotopic (exact) mass is 263 g/mol. The maximum atomic E-state index is 11.8. The minimum absolute atomic E-state index is 0.0295. The Morgan fingerprint density at radius 2 is 2.00 bits per heavy atom. The zero-order chi connectivity index (χ0) is 13.1. The van der Waals surface area contributed by atoms with E-state index in [2.05, 4.69) is 9.46 Å². The van der Waals surface area contributed by atoms with Crippen molar-refractivity contribution in [2.75, 3.05) is 12.9 Å². The van der Waals surface area contributed by atoms with Crippen LogP contribution in [-0.2, 0) is 19.6 Å². The van der Waals surface area contributed by atoms with Crippen LogP contribution < -0.4 is 4.72 Å². The SMILES string of the molecule is COC(=O)CCCS(=O)(=O)NC(C)(C)C1CC1. The normalized spacial score (nSPS) is 16.9. The molecule has 0 unspecified atom stereocenters. The molecule has 100 valence electrons. The number of esters is 1. The largest absolute Gasteiger partial charge is 0.469 e. The van der Waals surface area contributed by atoms with Crippen LogP contribution in [0.3, 0.4) is 0 Å². The minimum atomic E-state index is -3.31. The molecule has 0 spiro atoms. The summed E-state index contributed by atoms with van der Waals surface area (Å²) in [6.07, 6.45) is 2.60. The summed E-state index contributed by atoms with van der Waals surface area (Å²) in [4.78, 5) is 10.9. The third-order valence-electron chi connectivity index (χ3n) is 3.04. The number of sulfonamides is 1. The highest BCUT2D eigenvalue weighted by Crippen LogP contribution is 2.39. The molecule has 1 aliphatic carbocycles. The molecule has 0 amide bonds. The Balaban J connectivity index is 2.38. The molecule has 0 heterocycles. The van der Waals surface area contributed by atoms with Crippen LogP contribution in [0.15, 0.2) is 0 Å². The first-order valence-electron chi connectivity index (χ1n) is 5.85. The summed E-state index contributed by atoms with van der Waals surface area (Å²) in [5, 5.41) is 0. The molecule has 0 bridgehead atoms. The van der Waals surface area contributed by atoms with E-state index in [1.807, 2.05) is 13.8 Å². The van der Waals surface area contributed by atoms with Gasteiger partial charge >= 0.3 is 5.97 Å². The molecule has 0 aliphatic heterocycles. The number of nitrogens with one attached hydrogen (secondary N) is 1. The van der Waals surface area contributed by atoms with Crippen molar-refractivity contribution in [2.45, 2.75) is 45.1 Å². The Hall–Kier alpha value is -0.620. The van der Waals surface area contributed by atoms with Gasteiger partial charge in [-0.1, -0.05) is 0 Å². The topological polar surface area (TPSA) is 72.5 Å². The van der Waals surface area contributed by atoms with Gasteiger partial charge in [-0.25, -0.2) is 13.1 Å². The fraction of sp³-hybridized carbons (Fsp3) is 0.909. The molecule has 6 heteroatoms. The van der Waals surface area contributed by atoms with Gasteiger partial charge < -0.3 is 4.74 Å². The second kappa shape index (κ2) is 5.35. The van der Waals surface area contributed by atoms with Crippen LogP contribution in [0.4, 0.5) is 0 Å². The maximum absolute atomic E-state index is 11.8. The first-order chi connectivity index (χ1) is 7.77. The van der Waals surface area contributed by atoms with Gasteiger partial charge in [0.1, 0.15) is 0 Å². The maximum Gasteiger partial charge on any atom is 0.305 e. The van der Waals surface area contributed by atoms with Crippen LogP contribution in [-0.4, -0.2) is 32.8 Å². The third-order valence-corrected chi connectivity index (χ3v) is 4.70. The second-order valence-corrected chi connectivity index (χ2v) is 6.94. The van der Waals surface area contributed by atoms with E-state index in [0.717, 1.165) is 12.8 Å². The van der Waals surface area contributed by atoms with Gasteiger partial charge in [-0.2, -0.15) is 0 Å². The van der Waals surface area contributed by atoms with Crippen LogP contribution in [0.25, 0.3) is 0 Å². The summed E-state index contributed by atoms with van der Waals surface area (Å²) in [6, 6.07) is 0. The van der Waals surface area contributed by atoms with Gasteiger partial charge in [0.05, 0.1) is 12.9 Å². The zero-order valence-corrected chi connectivity index (χ0v) is 11.5. The van der Waals surface area contributed by atoms with Crippen molar-refractivity contribution >= 4 is 16.0 Å². The van der Waals surface area contributed by atoms with Gasteiger partial charge in [0.25, 0.3) is 0 Å². The van der Waals surface area contributed by atoms with E-state index in [1.165, 1.54) is 7.11 Å². The zero-order valence-electron chi connectivity index (χ0n) is 10.7. The van der Waals surface area contributed by atoms with Crippen LogP contribution in [0.2, 0.25) is 0 Å². The molecular formula is C11H21NO4S. The van der Waals surface area contributed by atoms with E-state index < -0.39 is 10.0 Å². The van der Waals surface area contributed by atoms with Crippen LogP contribution in [0.5, 0.6) is 0 Å². The van der Waals surface area contributed by atoms with E-state index >= 15 is 0 Å². The van der Waals surface area contributed by atoms with Crippen molar-refractivity contribution in [1.82, 2.24) is 4.72 Å². The highest BCUT2D eigenvalue weighted by Gasteiger charge is 2.40. The number of rotatable bonds is 7. The molecule has 1 fully saturated rings. The van der Waals surface area contributed by atoms with Crippen LogP contribution in [0, 0.1) is 5.92 Å². The van der Waals surface area contributed by atoms with E-state index in [-0.39, 0.29) is 23.7 Å². The van der Waals surface area contributed by atoms with Crippen molar-refractivity contribution in [1.29, 1.82) is 0 Å². The van der Waals surface area contributed by atoms with Gasteiger partial charge in [-0.15, -0.1) is 0 Å². The average molecular weight is 263 g/mol. The Kier molecular flexibility index (Phi) is 4.55. The molecule has 0 aromatic rings. The molecule has 0 aromatic heterocycles. The number of hydrogen-bond donors (Lipinski definition) is 1. The summed E-state index contributed by atoms with van der Waals surface area (Å²) < 4.78 is 30.7. The van der Waals surface area contributed by atoms with Crippen LogP contribution >= 0.6 is 0 Å². The molecule has 1 N–H and O–H groups in total. The summed E-state index contributed by atoms with van der Waals surface area (Å²) in [5.74, 6) is 0.0395. The predicted octanol–water partition coefficient (Wildman–Crippen LogP) is 1.05. The smallest absolute Gasteiger partial charge is 0.305 e. The fourth-order valence-corrected chi connectivity index (χ4v) is 3.44. The highest BCUT2D eigenvalue weighted by molar-refractivity contribution is 7.89. The second-order valence-electron chi connectivity index (χ2n) is 5.10. The van der Waals surface area contributed by atoms with Gasteiger partial charge in [0, 0.05) is 12.0 Å². The lowest BCUT2D eigenvalue weighted by Gasteiger charge is -2.25. The Morgan fingerprint density at radius 3 is 2.47 bits per heavy atom. The van der Waals surface area contributed by atoms with Gasteiger partial charge in [-0.05, 0) is 39.0 Å². The van der Waals surface area contributed by atoms with E-state index in [1.54, 1.807) is 0 Å². The molecule has 0 aromatic carbocycles.